The van der Waals surface area contributed by atoms with Gasteiger partial charge in [-0.1, -0.05) is 42.5 Å². The SMILES string of the molecule is Cc1ccc([C@@]2(S(=O)c3ccc(F)cc3)CCN(Cc3ccccc3)C2)cc1F. The van der Waals surface area contributed by atoms with Gasteiger partial charge in [0.15, 0.2) is 0 Å². The van der Waals surface area contributed by atoms with E-state index >= 15 is 0 Å². The lowest BCUT2D eigenvalue weighted by atomic mass is 9.96. The van der Waals surface area contributed by atoms with Crippen molar-refractivity contribution < 1.29 is 13.0 Å². The molecule has 29 heavy (non-hydrogen) atoms. The molecule has 0 spiro atoms. The van der Waals surface area contributed by atoms with Crippen molar-refractivity contribution in [1.82, 2.24) is 4.90 Å². The molecule has 5 heteroatoms. The summed E-state index contributed by atoms with van der Waals surface area (Å²) < 4.78 is 40.8. The number of halogens is 2. The molecule has 2 nitrogen and oxygen atoms in total. The van der Waals surface area contributed by atoms with E-state index in [1.165, 1.54) is 23.8 Å². The molecular weight excluding hydrogens is 388 g/mol. The van der Waals surface area contributed by atoms with Crippen LogP contribution in [0.1, 0.15) is 23.1 Å². The van der Waals surface area contributed by atoms with Crippen LogP contribution in [0.2, 0.25) is 0 Å². The van der Waals surface area contributed by atoms with E-state index in [0.717, 1.165) is 18.7 Å². The molecule has 0 N–H and O–H groups in total. The summed E-state index contributed by atoms with van der Waals surface area (Å²) in [5.41, 5.74) is 2.49. The summed E-state index contributed by atoms with van der Waals surface area (Å²) in [6.07, 6.45) is 0.645. The van der Waals surface area contributed by atoms with Crippen LogP contribution in [-0.2, 0) is 22.1 Å². The minimum atomic E-state index is -1.45. The van der Waals surface area contributed by atoms with Gasteiger partial charge in [-0.3, -0.25) is 9.11 Å². The lowest BCUT2D eigenvalue weighted by Gasteiger charge is -2.30. The van der Waals surface area contributed by atoms with E-state index in [1.807, 2.05) is 24.3 Å². The molecular formula is C24H23F2NOS. The highest BCUT2D eigenvalue weighted by molar-refractivity contribution is 7.86. The molecule has 1 heterocycles. The number of nitrogens with zero attached hydrogens (tertiary/aromatic N) is 1. The average Bonchev–Trinajstić information content (AvgIpc) is 3.16. The second-order valence-electron chi connectivity index (χ2n) is 7.63. The Morgan fingerprint density at radius 2 is 1.72 bits per heavy atom. The van der Waals surface area contributed by atoms with E-state index in [4.69, 9.17) is 0 Å². The van der Waals surface area contributed by atoms with Crippen LogP contribution in [0.15, 0.2) is 77.7 Å². The Labute approximate surface area is 172 Å². The predicted octanol–water partition coefficient (Wildman–Crippen LogP) is 5.18. The number of hydrogen-bond acceptors (Lipinski definition) is 2. The molecule has 0 aliphatic carbocycles. The van der Waals surface area contributed by atoms with Crippen LogP contribution in [-0.4, -0.2) is 22.2 Å². The first-order valence-electron chi connectivity index (χ1n) is 9.68. The summed E-state index contributed by atoms with van der Waals surface area (Å²) in [6.45, 7) is 3.78. The van der Waals surface area contributed by atoms with Gasteiger partial charge in [0, 0.05) is 24.5 Å². The van der Waals surface area contributed by atoms with Crippen molar-refractivity contribution in [1.29, 1.82) is 0 Å². The highest BCUT2D eigenvalue weighted by Gasteiger charge is 2.45. The largest absolute Gasteiger partial charge is 0.297 e. The second kappa shape index (κ2) is 8.17. The normalized spacial score (nSPS) is 20.7. The predicted molar refractivity (Wildman–Crippen MR) is 112 cm³/mol. The molecule has 1 unspecified atom stereocenters. The molecule has 0 saturated carbocycles. The minimum Gasteiger partial charge on any atom is -0.297 e. The number of likely N-dealkylation sites (tertiary alicyclic amines) is 1. The second-order valence-corrected chi connectivity index (χ2v) is 9.42. The van der Waals surface area contributed by atoms with Gasteiger partial charge in [-0.2, -0.15) is 0 Å². The summed E-state index contributed by atoms with van der Waals surface area (Å²) in [4.78, 5) is 2.82. The maximum atomic E-state index is 14.4. The maximum absolute atomic E-state index is 14.4. The van der Waals surface area contributed by atoms with E-state index in [9.17, 15) is 13.0 Å². The average molecular weight is 412 g/mol. The van der Waals surface area contributed by atoms with Crippen LogP contribution in [0.4, 0.5) is 8.78 Å². The van der Waals surface area contributed by atoms with Gasteiger partial charge in [-0.05, 0) is 60.4 Å². The quantitative estimate of drug-likeness (QED) is 0.576. The third kappa shape index (κ3) is 4.02. The zero-order chi connectivity index (χ0) is 20.4. The topological polar surface area (TPSA) is 20.3 Å². The summed E-state index contributed by atoms with van der Waals surface area (Å²) in [6, 6.07) is 21.1. The molecule has 4 rings (SSSR count). The Morgan fingerprint density at radius 3 is 2.41 bits per heavy atom. The molecule has 0 bridgehead atoms. The van der Waals surface area contributed by atoms with Crippen molar-refractivity contribution in [2.75, 3.05) is 13.1 Å². The summed E-state index contributed by atoms with van der Waals surface area (Å²) in [5.74, 6) is -0.655. The van der Waals surface area contributed by atoms with Gasteiger partial charge in [0.25, 0.3) is 0 Å². The summed E-state index contributed by atoms with van der Waals surface area (Å²) in [7, 11) is -1.45. The summed E-state index contributed by atoms with van der Waals surface area (Å²) in [5, 5.41) is 0. The standard InChI is InChI=1S/C24H23F2NOS/c1-18-7-8-20(15-23(18)26)24(29(28)22-11-9-21(25)10-12-22)13-14-27(17-24)16-19-5-3-2-4-6-19/h2-12,15H,13-14,16-17H2,1H3/t24-,29?/m1/s1. The number of hydrogen-bond donors (Lipinski definition) is 0. The molecule has 150 valence electrons. The fourth-order valence-corrected chi connectivity index (χ4v) is 5.74. The molecule has 0 aromatic heterocycles. The smallest absolute Gasteiger partial charge is 0.126 e. The van der Waals surface area contributed by atoms with Crippen LogP contribution < -0.4 is 0 Å². The Hall–Kier alpha value is -2.37. The van der Waals surface area contributed by atoms with Crippen molar-refractivity contribution in [2.45, 2.75) is 29.5 Å². The molecule has 1 aliphatic rings. The first kappa shape index (κ1) is 19.9. The molecule has 0 radical (unpaired) electrons. The van der Waals surface area contributed by atoms with Gasteiger partial charge < -0.3 is 0 Å². The maximum Gasteiger partial charge on any atom is 0.126 e. The van der Waals surface area contributed by atoms with Gasteiger partial charge in [0.1, 0.15) is 11.6 Å². The van der Waals surface area contributed by atoms with Crippen LogP contribution in [0.5, 0.6) is 0 Å². The van der Waals surface area contributed by atoms with E-state index < -0.39 is 15.5 Å². The third-order valence-corrected chi connectivity index (χ3v) is 7.62. The molecule has 1 aliphatic heterocycles. The van der Waals surface area contributed by atoms with Gasteiger partial charge >= 0.3 is 0 Å². The minimum absolute atomic E-state index is 0.292. The summed E-state index contributed by atoms with van der Waals surface area (Å²) >= 11 is 0. The molecule has 1 saturated heterocycles. The Morgan fingerprint density at radius 1 is 1.00 bits per heavy atom. The molecule has 0 amide bonds. The van der Waals surface area contributed by atoms with Gasteiger partial charge in [-0.15, -0.1) is 0 Å². The highest BCUT2D eigenvalue weighted by atomic mass is 32.2. The van der Waals surface area contributed by atoms with E-state index in [1.54, 1.807) is 25.1 Å². The van der Waals surface area contributed by atoms with Crippen molar-refractivity contribution in [3.8, 4) is 0 Å². The van der Waals surface area contributed by atoms with Gasteiger partial charge in [-0.25, -0.2) is 8.78 Å². The van der Waals surface area contributed by atoms with Crippen LogP contribution in [0.3, 0.4) is 0 Å². The van der Waals surface area contributed by atoms with Crippen molar-refractivity contribution in [2.24, 2.45) is 0 Å². The Balaban J connectivity index is 1.71. The third-order valence-electron chi connectivity index (χ3n) is 5.64. The van der Waals surface area contributed by atoms with Crippen molar-refractivity contribution in [3.63, 3.8) is 0 Å². The van der Waals surface area contributed by atoms with E-state index in [2.05, 4.69) is 17.0 Å². The lowest BCUT2D eigenvalue weighted by molar-refractivity contribution is 0.322. The fraction of sp³-hybridized carbons (Fsp3) is 0.250. The Kier molecular flexibility index (Phi) is 5.61. The van der Waals surface area contributed by atoms with E-state index in [-0.39, 0.29) is 11.6 Å². The zero-order valence-electron chi connectivity index (χ0n) is 16.3. The van der Waals surface area contributed by atoms with Crippen molar-refractivity contribution in [3.05, 3.63) is 101 Å². The van der Waals surface area contributed by atoms with Gasteiger partial charge in [0.05, 0.1) is 15.5 Å². The lowest BCUT2D eigenvalue weighted by Crippen LogP contribution is -2.35. The molecule has 2 atom stereocenters. The molecule has 3 aromatic rings. The van der Waals surface area contributed by atoms with Crippen LogP contribution in [0.25, 0.3) is 0 Å². The monoisotopic (exact) mass is 411 g/mol. The number of aryl methyl sites for hydroxylation is 1. The first-order valence-corrected chi connectivity index (χ1v) is 10.8. The van der Waals surface area contributed by atoms with Crippen LogP contribution >= 0.6 is 0 Å². The Bertz CT molecular complexity index is 1020. The van der Waals surface area contributed by atoms with Crippen molar-refractivity contribution >= 4 is 10.8 Å². The molecule has 3 aromatic carbocycles. The fourth-order valence-electron chi connectivity index (χ4n) is 3.99. The van der Waals surface area contributed by atoms with Crippen LogP contribution in [0, 0.1) is 18.6 Å². The zero-order valence-corrected chi connectivity index (χ0v) is 17.1. The molecule has 1 fully saturated rings. The first-order chi connectivity index (χ1) is 14.0. The number of rotatable bonds is 5. The highest BCUT2D eigenvalue weighted by Crippen LogP contribution is 2.41. The van der Waals surface area contributed by atoms with E-state index in [0.29, 0.717) is 23.4 Å². The number of benzene rings is 3. The van der Waals surface area contributed by atoms with Gasteiger partial charge in [0.2, 0.25) is 0 Å².